The molecule has 9 heteroatoms. The van der Waals surface area contributed by atoms with E-state index in [0.29, 0.717) is 25.2 Å². The summed E-state index contributed by atoms with van der Waals surface area (Å²) in [5.41, 5.74) is 3.97. The molecule has 6 rings (SSSR count). The summed E-state index contributed by atoms with van der Waals surface area (Å²) in [5.74, 6) is 0.619. The van der Waals surface area contributed by atoms with Crippen molar-refractivity contribution in [3.05, 3.63) is 89.3 Å². The molecule has 4 aromatic rings. The Morgan fingerprint density at radius 2 is 1.70 bits per heavy atom. The van der Waals surface area contributed by atoms with Gasteiger partial charge in [-0.15, -0.1) is 11.3 Å². The highest BCUT2D eigenvalue weighted by Gasteiger charge is 2.26. The van der Waals surface area contributed by atoms with E-state index in [2.05, 4.69) is 39.4 Å². The van der Waals surface area contributed by atoms with Crippen LogP contribution in [0.15, 0.2) is 78.2 Å². The fourth-order valence-electron chi connectivity index (χ4n) is 5.72. The Hall–Kier alpha value is -4.08. The molecule has 224 valence electrons. The summed E-state index contributed by atoms with van der Waals surface area (Å²) in [7, 11) is 0. The number of carbonyl (C=O) groups is 2. The van der Waals surface area contributed by atoms with Gasteiger partial charge in [-0.05, 0) is 66.6 Å². The number of benzene rings is 3. The maximum atomic E-state index is 12.7. The molecular weight excluding hydrogens is 562 g/mol. The molecule has 3 heterocycles. The quantitative estimate of drug-likeness (QED) is 0.145. The molecule has 0 N–H and O–H groups in total. The summed E-state index contributed by atoms with van der Waals surface area (Å²) in [6.07, 6.45) is 2.23. The van der Waals surface area contributed by atoms with Crippen LogP contribution in [-0.2, 0) is 27.3 Å². The molecule has 0 saturated carbocycles. The number of thiophene rings is 1. The Bertz CT molecular complexity index is 1530. The van der Waals surface area contributed by atoms with E-state index in [1.54, 1.807) is 11.3 Å². The minimum atomic E-state index is -0.808. The van der Waals surface area contributed by atoms with Crippen molar-refractivity contribution in [3.63, 3.8) is 0 Å². The van der Waals surface area contributed by atoms with Gasteiger partial charge in [0.25, 0.3) is 0 Å². The lowest BCUT2D eigenvalue weighted by Crippen LogP contribution is -2.46. The normalized spacial score (nSPS) is 15.4. The molecule has 43 heavy (non-hydrogen) atoms. The Morgan fingerprint density at radius 1 is 0.837 bits per heavy atom. The van der Waals surface area contributed by atoms with Crippen molar-refractivity contribution in [1.29, 1.82) is 0 Å². The highest BCUT2D eigenvalue weighted by molar-refractivity contribution is 7.17. The monoisotopic (exact) mass is 599 g/mol. The van der Waals surface area contributed by atoms with Crippen LogP contribution in [0.2, 0.25) is 0 Å². The van der Waals surface area contributed by atoms with Crippen LogP contribution < -0.4 is 14.5 Å². The van der Waals surface area contributed by atoms with E-state index >= 15 is 0 Å². The highest BCUT2D eigenvalue weighted by atomic mass is 32.1. The number of unbranched alkanes of at least 4 members (excludes halogenated alkanes) is 1. The summed E-state index contributed by atoms with van der Waals surface area (Å²) >= 11 is 1.80. The van der Waals surface area contributed by atoms with Crippen LogP contribution in [0, 0.1) is 0 Å². The van der Waals surface area contributed by atoms with Gasteiger partial charge in [0, 0.05) is 54.4 Å². The number of amides is 1. The van der Waals surface area contributed by atoms with E-state index in [-0.39, 0.29) is 19.2 Å². The molecule has 1 amide bonds. The Kier molecular flexibility index (Phi) is 9.40. The summed E-state index contributed by atoms with van der Waals surface area (Å²) in [6, 6.07) is 24.0. The zero-order chi connectivity index (χ0) is 29.4. The third-order valence-corrected chi connectivity index (χ3v) is 8.97. The lowest BCUT2D eigenvalue weighted by Gasteiger charge is -2.36. The highest BCUT2D eigenvalue weighted by Crippen LogP contribution is 2.32. The molecule has 2 aliphatic heterocycles. The van der Waals surface area contributed by atoms with Crippen molar-refractivity contribution in [2.45, 2.75) is 32.3 Å². The predicted octanol–water partition coefficient (Wildman–Crippen LogP) is 6.47. The van der Waals surface area contributed by atoms with Crippen molar-refractivity contribution in [2.24, 2.45) is 0 Å². The molecule has 8 nitrogen and oxygen atoms in total. The summed E-state index contributed by atoms with van der Waals surface area (Å²) in [5, 5.41) is 3.54. The van der Waals surface area contributed by atoms with Gasteiger partial charge < -0.3 is 19.1 Å². The average molecular weight is 600 g/mol. The Balaban J connectivity index is 0.930. The first-order chi connectivity index (χ1) is 21.1. The second kappa shape index (κ2) is 13.9. The van der Waals surface area contributed by atoms with E-state index < -0.39 is 6.16 Å². The molecule has 3 aromatic carbocycles. The first-order valence-corrected chi connectivity index (χ1v) is 15.8. The zero-order valence-corrected chi connectivity index (χ0v) is 25.1. The van der Waals surface area contributed by atoms with Crippen LogP contribution in [0.3, 0.4) is 0 Å². The molecule has 0 atom stereocenters. The minimum Gasteiger partial charge on any atom is -0.494 e. The zero-order valence-electron chi connectivity index (χ0n) is 24.3. The molecule has 1 aromatic heterocycles. The number of nitrogens with zero attached hydrogens (tertiary/aromatic N) is 3. The van der Waals surface area contributed by atoms with Gasteiger partial charge in [-0.2, -0.15) is 0 Å². The molecule has 2 aliphatic rings. The number of anilines is 2. The number of hydrogen-bond donors (Lipinski definition) is 0. The molecule has 0 unspecified atom stereocenters. The van der Waals surface area contributed by atoms with Gasteiger partial charge in [0.2, 0.25) is 5.91 Å². The summed E-state index contributed by atoms with van der Waals surface area (Å²) < 4.78 is 17.9. The van der Waals surface area contributed by atoms with Gasteiger partial charge in [-0.3, -0.25) is 14.6 Å². The van der Waals surface area contributed by atoms with Crippen LogP contribution in [0.25, 0.3) is 10.1 Å². The molecule has 0 aliphatic carbocycles. The van der Waals surface area contributed by atoms with Crippen LogP contribution in [0.4, 0.5) is 16.2 Å². The van der Waals surface area contributed by atoms with Crippen molar-refractivity contribution in [2.75, 3.05) is 55.9 Å². The Labute approximate surface area is 256 Å². The largest absolute Gasteiger partial charge is 0.510 e. The number of carbonyl (C=O) groups excluding carboxylic acids is 2. The van der Waals surface area contributed by atoms with Gasteiger partial charge in [-0.1, -0.05) is 42.5 Å². The van der Waals surface area contributed by atoms with Gasteiger partial charge in [0.15, 0.2) is 6.73 Å². The fraction of sp³-hybridized carbons (Fsp3) is 0.353. The topological polar surface area (TPSA) is 71.5 Å². The fourth-order valence-corrected chi connectivity index (χ4v) is 6.53. The lowest BCUT2D eigenvalue weighted by molar-refractivity contribution is -0.119. The molecule has 1 saturated heterocycles. The number of fused-ring (bicyclic) bond motifs is 2. The maximum absolute atomic E-state index is 12.7. The lowest BCUT2D eigenvalue weighted by atomic mass is 10.0. The smallest absolute Gasteiger partial charge is 0.494 e. The summed E-state index contributed by atoms with van der Waals surface area (Å²) in [4.78, 5) is 31.4. The third kappa shape index (κ3) is 7.29. The molecule has 0 bridgehead atoms. The number of piperazine rings is 1. The van der Waals surface area contributed by atoms with Crippen molar-refractivity contribution in [1.82, 2.24) is 4.90 Å². The van der Waals surface area contributed by atoms with Crippen molar-refractivity contribution < 1.29 is 23.8 Å². The van der Waals surface area contributed by atoms with Crippen molar-refractivity contribution in [3.8, 4) is 5.75 Å². The molecular formula is C34H37N3O5S. The van der Waals surface area contributed by atoms with Crippen LogP contribution in [-0.4, -0.2) is 63.0 Å². The summed E-state index contributed by atoms with van der Waals surface area (Å²) in [6.45, 7) is 5.81. The van der Waals surface area contributed by atoms with Crippen molar-refractivity contribution >= 4 is 44.9 Å². The van der Waals surface area contributed by atoms with Gasteiger partial charge in [0.1, 0.15) is 12.4 Å². The SMILES string of the molecule is O=C(OCc1ccccc1)OCN1C(=O)CCc2ccc(OCCCCN3CCN(c4cccc5sccc45)CC3)cc21. The minimum absolute atomic E-state index is 0.0902. The standard InChI is InChI=1S/C34H37N3O5S/c38-33-14-12-27-11-13-28(23-31(27)37(33)25-42-34(39)41-24-26-7-2-1-3-8-26)40-21-5-4-16-35-17-19-36(20-18-35)30-9-6-10-32-29(30)15-22-43-32/h1-3,6-11,13,15,22-23H,4-5,12,14,16-21,24-25H2. The Morgan fingerprint density at radius 3 is 2.56 bits per heavy atom. The molecule has 0 spiro atoms. The van der Waals surface area contributed by atoms with Crippen LogP contribution in [0.1, 0.15) is 30.4 Å². The number of rotatable bonds is 11. The first kappa shape index (κ1) is 29.0. The van der Waals surface area contributed by atoms with Gasteiger partial charge >= 0.3 is 6.16 Å². The van der Waals surface area contributed by atoms with Crippen LogP contribution >= 0.6 is 11.3 Å². The third-order valence-electron chi connectivity index (χ3n) is 8.09. The van der Waals surface area contributed by atoms with E-state index in [4.69, 9.17) is 14.2 Å². The van der Waals surface area contributed by atoms with E-state index in [1.165, 1.54) is 20.7 Å². The van der Waals surface area contributed by atoms with E-state index in [1.807, 2.05) is 48.5 Å². The molecule has 0 radical (unpaired) electrons. The van der Waals surface area contributed by atoms with E-state index in [9.17, 15) is 9.59 Å². The predicted molar refractivity (Wildman–Crippen MR) is 170 cm³/mol. The van der Waals surface area contributed by atoms with E-state index in [0.717, 1.165) is 62.4 Å². The van der Waals surface area contributed by atoms with Crippen LogP contribution in [0.5, 0.6) is 5.75 Å². The first-order valence-electron chi connectivity index (χ1n) is 15.0. The number of ether oxygens (including phenoxy) is 3. The second-order valence-electron chi connectivity index (χ2n) is 10.9. The maximum Gasteiger partial charge on any atom is 0.510 e. The average Bonchev–Trinajstić information content (AvgIpc) is 3.53. The van der Waals surface area contributed by atoms with Gasteiger partial charge in [0.05, 0.1) is 12.3 Å². The number of hydrogen-bond acceptors (Lipinski definition) is 8. The molecule has 1 fully saturated rings. The van der Waals surface area contributed by atoms with Gasteiger partial charge in [-0.25, -0.2) is 4.79 Å². The second-order valence-corrected chi connectivity index (χ2v) is 11.9. The number of aryl methyl sites for hydroxylation is 1.